The molecule has 2 aliphatic rings. The second-order valence-electron chi connectivity index (χ2n) is 4.89. The molecule has 0 saturated carbocycles. The minimum absolute atomic E-state index is 0. The maximum Gasteiger partial charge on any atom is 1.00 e. The van der Waals surface area contributed by atoms with Crippen LogP contribution in [0.4, 0.5) is 0 Å². The van der Waals surface area contributed by atoms with Crippen LogP contribution in [0.2, 0.25) is 0 Å². The summed E-state index contributed by atoms with van der Waals surface area (Å²) in [5.74, 6) is -3.35. The number of amides is 1. The summed E-state index contributed by atoms with van der Waals surface area (Å²) in [6, 6.07) is 0.0622. The zero-order valence-corrected chi connectivity index (χ0v) is 14.3. The normalized spacial score (nSPS) is 38.1. The predicted molar refractivity (Wildman–Crippen MR) is 66.0 cm³/mol. The SMILES string of the molecule is C[C@]1(/C=C\C#N)C(C(=O)[O-])N2C(=O)[C@@H](CO)C2S1(O)O.[Na+]. The summed E-state index contributed by atoms with van der Waals surface area (Å²) in [7, 11) is -3.60. The van der Waals surface area contributed by atoms with Gasteiger partial charge in [0, 0.05) is 6.08 Å². The Morgan fingerprint density at radius 1 is 1.62 bits per heavy atom. The van der Waals surface area contributed by atoms with Gasteiger partial charge in [0.05, 0.1) is 30.6 Å². The summed E-state index contributed by atoms with van der Waals surface area (Å²) in [4.78, 5) is 23.9. The van der Waals surface area contributed by atoms with Crippen LogP contribution in [0.3, 0.4) is 0 Å². The van der Waals surface area contributed by atoms with E-state index in [-0.39, 0.29) is 29.6 Å². The Balaban J connectivity index is 0.00000220. The first-order valence-corrected chi connectivity index (χ1v) is 7.33. The molecule has 2 rings (SSSR count). The van der Waals surface area contributed by atoms with Crippen molar-refractivity contribution in [3.8, 4) is 6.07 Å². The van der Waals surface area contributed by atoms with E-state index in [1.165, 1.54) is 6.92 Å². The van der Waals surface area contributed by atoms with Crippen LogP contribution in [-0.2, 0) is 9.59 Å². The minimum atomic E-state index is -3.60. The van der Waals surface area contributed by atoms with Crippen molar-refractivity contribution in [2.24, 2.45) is 5.92 Å². The molecule has 0 aliphatic carbocycles. The van der Waals surface area contributed by atoms with Crippen LogP contribution < -0.4 is 34.7 Å². The summed E-state index contributed by atoms with van der Waals surface area (Å²) < 4.78 is 19.0. The minimum Gasteiger partial charge on any atom is -0.548 e. The molecule has 0 aromatic rings. The fraction of sp³-hybridized carbons (Fsp3) is 0.545. The largest absolute Gasteiger partial charge is 1.00 e. The van der Waals surface area contributed by atoms with E-state index >= 15 is 0 Å². The summed E-state index contributed by atoms with van der Waals surface area (Å²) in [6.45, 7) is 0.643. The molecule has 21 heavy (non-hydrogen) atoms. The van der Waals surface area contributed by atoms with Crippen molar-refractivity contribution in [3.63, 3.8) is 0 Å². The van der Waals surface area contributed by atoms with Crippen LogP contribution in [0, 0.1) is 17.2 Å². The third-order valence-corrected chi connectivity index (χ3v) is 6.79. The Morgan fingerprint density at radius 3 is 2.62 bits per heavy atom. The van der Waals surface area contributed by atoms with Gasteiger partial charge in [-0.05, 0) is 13.0 Å². The fourth-order valence-corrected chi connectivity index (χ4v) is 5.35. The maximum absolute atomic E-state index is 11.8. The molecule has 2 fully saturated rings. The molecule has 8 nitrogen and oxygen atoms in total. The van der Waals surface area contributed by atoms with Crippen molar-refractivity contribution < 1.29 is 58.5 Å². The number of hydrogen-bond donors (Lipinski definition) is 3. The summed E-state index contributed by atoms with van der Waals surface area (Å²) in [6.07, 6.45) is 2.01. The van der Waals surface area contributed by atoms with E-state index in [1.54, 1.807) is 6.07 Å². The van der Waals surface area contributed by atoms with Gasteiger partial charge >= 0.3 is 29.6 Å². The Hall–Kier alpha value is -0.600. The van der Waals surface area contributed by atoms with E-state index < -0.39 is 51.2 Å². The first-order valence-electron chi connectivity index (χ1n) is 5.72. The molecule has 3 N–H and O–H groups in total. The molecule has 1 amide bonds. The molecular formula is C11H13N2NaO6S. The van der Waals surface area contributed by atoms with Gasteiger partial charge in [-0.3, -0.25) is 13.9 Å². The Morgan fingerprint density at radius 2 is 2.19 bits per heavy atom. The third-order valence-electron chi connectivity index (χ3n) is 3.90. The van der Waals surface area contributed by atoms with Crippen LogP contribution in [0.15, 0.2) is 12.2 Å². The quantitative estimate of drug-likeness (QED) is 0.269. The first kappa shape index (κ1) is 18.4. The zero-order valence-electron chi connectivity index (χ0n) is 11.5. The van der Waals surface area contributed by atoms with Gasteiger partial charge in [-0.25, -0.2) is 0 Å². The van der Waals surface area contributed by atoms with Crippen molar-refractivity contribution in [1.29, 1.82) is 5.26 Å². The van der Waals surface area contributed by atoms with Gasteiger partial charge < -0.3 is 19.9 Å². The van der Waals surface area contributed by atoms with Crippen LogP contribution in [0.1, 0.15) is 6.92 Å². The van der Waals surface area contributed by atoms with Crippen molar-refractivity contribution in [3.05, 3.63) is 12.2 Å². The smallest absolute Gasteiger partial charge is 0.548 e. The summed E-state index contributed by atoms with van der Waals surface area (Å²) in [5.41, 5.74) is 0. The van der Waals surface area contributed by atoms with Gasteiger partial charge in [-0.1, -0.05) is 0 Å². The number of rotatable bonds is 3. The van der Waals surface area contributed by atoms with Crippen LogP contribution in [0.5, 0.6) is 0 Å². The molecule has 110 valence electrons. The van der Waals surface area contributed by atoms with Gasteiger partial charge in [0.25, 0.3) is 0 Å². The van der Waals surface area contributed by atoms with Gasteiger partial charge in [0.1, 0.15) is 10.1 Å². The number of allylic oxidation sites excluding steroid dienone is 1. The number of nitrogens with zero attached hydrogens (tertiary/aromatic N) is 2. The van der Waals surface area contributed by atoms with E-state index in [0.717, 1.165) is 17.1 Å². The third kappa shape index (κ3) is 2.22. The molecule has 2 heterocycles. The number of nitriles is 1. The Kier molecular flexibility index (Phi) is 5.17. The number of β-lactam (4-membered cyclic amide) rings is 1. The second-order valence-corrected chi connectivity index (χ2v) is 7.43. The van der Waals surface area contributed by atoms with Crippen LogP contribution in [-0.4, -0.2) is 53.8 Å². The van der Waals surface area contributed by atoms with Crippen LogP contribution in [0.25, 0.3) is 0 Å². The standard InChI is InChI=1S/C11H14N2O6S.Na/c1-11(3-2-4-12)7(10(16)17)13-8(15)6(5-14)9(13)20(11,18)19;/h2-3,6-7,9,14,18-19H,5H2,1H3,(H,16,17);/q;+1/p-1/b3-2-;/t6-,7?,9?,11+;/m1./s1. The molecule has 0 radical (unpaired) electrons. The van der Waals surface area contributed by atoms with Gasteiger partial charge in [0.15, 0.2) is 0 Å². The molecular weight excluding hydrogens is 311 g/mol. The van der Waals surface area contributed by atoms with Crippen LogP contribution >= 0.6 is 10.6 Å². The van der Waals surface area contributed by atoms with E-state index in [4.69, 9.17) is 10.4 Å². The predicted octanol–water partition coefficient (Wildman–Crippen LogP) is -4.51. The van der Waals surface area contributed by atoms with Gasteiger partial charge in [-0.15, -0.1) is 0 Å². The van der Waals surface area contributed by atoms with E-state index in [2.05, 4.69) is 0 Å². The molecule has 0 bridgehead atoms. The molecule has 0 spiro atoms. The molecule has 2 saturated heterocycles. The maximum atomic E-state index is 11.8. The monoisotopic (exact) mass is 324 g/mol. The number of carbonyl (C=O) groups excluding carboxylic acids is 2. The Labute approximate surface area is 144 Å². The average molecular weight is 324 g/mol. The molecule has 10 heteroatoms. The number of carboxylic acid groups (broad SMARTS) is 1. The molecule has 0 aromatic carbocycles. The van der Waals surface area contributed by atoms with E-state index in [9.17, 15) is 23.8 Å². The number of fused-ring (bicyclic) bond motifs is 1. The van der Waals surface area contributed by atoms with Gasteiger partial charge in [0.2, 0.25) is 5.91 Å². The molecule has 2 unspecified atom stereocenters. The van der Waals surface area contributed by atoms with Crippen molar-refractivity contribution >= 4 is 22.5 Å². The topological polar surface area (TPSA) is 145 Å². The zero-order chi connectivity index (χ0) is 15.3. The van der Waals surface area contributed by atoms with Crippen molar-refractivity contribution in [1.82, 2.24) is 4.90 Å². The van der Waals surface area contributed by atoms with Crippen molar-refractivity contribution in [2.75, 3.05) is 6.61 Å². The molecule has 0 aromatic heterocycles. The number of carbonyl (C=O) groups is 2. The van der Waals surface area contributed by atoms with Crippen molar-refractivity contribution in [2.45, 2.75) is 23.1 Å². The van der Waals surface area contributed by atoms with Gasteiger partial charge in [-0.2, -0.15) is 15.9 Å². The average Bonchev–Trinajstić information content (AvgIpc) is 2.52. The number of hydrogen-bond acceptors (Lipinski definition) is 7. The molecule has 4 atom stereocenters. The second kappa shape index (κ2) is 5.89. The Bertz CT molecular complexity index is 547. The number of aliphatic hydroxyl groups excluding tert-OH is 1. The number of aliphatic carboxylic acids is 1. The summed E-state index contributed by atoms with van der Waals surface area (Å²) in [5, 5.41) is 27.8. The fourth-order valence-electron chi connectivity index (χ4n) is 2.82. The first-order chi connectivity index (χ1) is 9.24. The molecule has 2 aliphatic heterocycles. The van der Waals surface area contributed by atoms with E-state index in [1.807, 2.05) is 0 Å². The van der Waals surface area contributed by atoms with E-state index in [0.29, 0.717) is 0 Å². The number of carboxylic acids is 1. The summed E-state index contributed by atoms with van der Waals surface area (Å²) >= 11 is 0. The number of aliphatic hydroxyl groups is 1.